The zero-order valence-corrected chi connectivity index (χ0v) is 17.7. The molecule has 0 amide bonds. The monoisotopic (exact) mass is 461 g/mol. The Kier molecular flexibility index (Phi) is 6.45. The maximum atomic E-state index is 13.3. The Morgan fingerprint density at radius 3 is 2.50 bits per heavy atom. The Labute approximate surface area is 187 Å². The standard InChI is InChI=1S/C24H19ClF3NO3/c25-17-7-5-16(6-8-17)15-31-21-10-9-18-20(30)14-22(24(26,27)28)32-23(18)19(21)4-3-13-29-11-1-2-12-29/h5-10,14H,1-2,11-13,15H2. The number of halogens is 4. The first-order valence-corrected chi connectivity index (χ1v) is 10.5. The Hall–Kier alpha value is -2.95. The molecule has 1 saturated heterocycles. The van der Waals surface area contributed by atoms with Crippen molar-refractivity contribution in [2.75, 3.05) is 19.6 Å². The van der Waals surface area contributed by atoms with Crippen molar-refractivity contribution in [2.45, 2.75) is 25.6 Å². The molecule has 1 aromatic heterocycles. The number of alkyl halides is 3. The van der Waals surface area contributed by atoms with Gasteiger partial charge >= 0.3 is 6.18 Å². The van der Waals surface area contributed by atoms with Crippen molar-refractivity contribution in [3.05, 3.63) is 74.6 Å². The van der Waals surface area contributed by atoms with E-state index < -0.39 is 17.4 Å². The molecule has 0 spiro atoms. The van der Waals surface area contributed by atoms with Crippen molar-refractivity contribution in [3.63, 3.8) is 0 Å². The summed E-state index contributed by atoms with van der Waals surface area (Å²) < 4.78 is 50.8. The summed E-state index contributed by atoms with van der Waals surface area (Å²) in [5.74, 6) is 4.76. The predicted molar refractivity (Wildman–Crippen MR) is 116 cm³/mol. The van der Waals surface area contributed by atoms with E-state index in [2.05, 4.69) is 16.7 Å². The topological polar surface area (TPSA) is 42.7 Å². The van der Waals surface area contributed by atoms with Crippen molar-refractivity contribution in [1.29, 1.82) is 0 Å². The minimum absolute atomic E-state index is 0.0160. The van der Waals surface area contributed by atoms with Crippen LogP contribution in [0, 0.1) is 11.8 Å². The maximum absolute atomic E-state index is 13.3. The van der Waals surface area contributed by atoms with Crippen molar-refractivity contribution in [1.82, 2.24) is 4.90 Å². The second kappa shape index (κ2) is 9.27. The summed E-state index contributed by atoms with van der Waals surface area (Å²) >= 11 is 5.90. The van der Waals surface area contributed by atoms with E-state index in [1.165, 1.54) is 12.1 Å². The van der Waals surface area contributed by atoms with Gasteiger partial charge in [0.2, 0.25) is 5.76 Å². The Morgan fingerprint density at radius 2 is 1.81 bits per heavy atom. The van der Waals surface area contributed by atoms with Gasteiger partial charge in [-0.2, -0.15) is 13.2 Å². The van der Waals surface area contributed by atoms with Crippen molar-refractivity contribution >= 4 is 22.6 Å². The number of fused-ring (bicyclic) bond motifs is 1. The molecule has 0 saturated carbocycles. The molecular weight excluding hydrogens is 443 g/mol. The van der Waals surface area contributed by atoms with Crippen molar-refractivity contribution < 1.29 is 22.3 Å². The smallest absolute Gasteiger partial charge is 0.449 e. The van der Waals surface area contributed by atoms with Crippen LogP contribution in [0.4, 0.5) is 13.2 Å². The molecule has 0 radical (unpaired) electrons. The largest absolute Gasteiger partial charge is 0.487 e. The van der Waals surface area contributed by atoms with Crippen LogP contribution in [0.25, 0.3) is 11.0 Å². The summed E-state index contributed by atoms with van der Waals surface area (Å²) in [6.07, 6.45) is -2.61. The van der Waals surface area contributed by atoms with Crippen LogP contribution in [0.3, 0.4) is 0 Å². The third kappa shape index (κ3) is 5.09. The minimum Gasteiger partial charge on any atom is -0.487 e. The SMILES string of the molecule is O=c1cc(C(F)(F)F)oc2c(C#CCN3CCCC3)c(OCc3ccc(Cl)cc3)ccc12. The van der Waals surface area contributed by atoms with Gasteiger partial charge < -0.3 is 9.15 Å². The highest BCUT2D eigenvalue weighted by Gasteiger charge is 2.35. The van der Waals surface area contributed by atoms with Gasteiger partial charge in [0.05, 0.1) is 11.9 Å². The Morgan fingerprint density at radius 1 is 1.09 bits per heavy atom. The van der Waals surface area contributed by atoms with E-state index in [4.69, 9.17) is 20.8 Å². The van der Waals surface area contributed by atoms with Gasteiger partial charge in [-0.15, -0.1) is 0 Å². The minimum atomic E-state index is -4.80. The molecule has 0 unspecified atom stereocenters. The molecule has 2 aromatic carbocycles. The van der Waals surface area contributed by atoms with Crippen LogP contribution in [0.15, 0.2) is 51.7 Å². The van der Waals surface area contributed by atoms with E-state index in [9.17, 15) is 18.0 Å². The summed E-state index contributed by atoms with van der Waals surface area (Å²) in [5, 5.41) is 0.594. The van der Waals surface area contributed by atoms with Gasteiger partial charge in [-0.3, -0.25) is 9.69 Å². The quantitative estimate of drug-likeness (QED) is 0.482. The van der Waals surface area contributed by atoms with Gasteiger partial charge in [-0.05, 0) is 55.8 Å². The van der Waals surface area contributed by atoms with Gasteiger partial charge in [0.1, 0.15) is 17.9 Å². The number of nitrogens with zero attached hydrogens (tertiary/aromatic N) is 1. The Balaban J connectivity index is 1.75. The summed E-state index contributed by atoms with van der Waals surface area (Å²) in [6, 6.07) is 10.4. The summed E-state index contributed by atoms with van der Waals surface area (Å²) in [6.45, 7) is 2.47. The van der Waals surface area contributed by atoms with Crippen LogP contribution >= 0.6 is 11.6 Å². The zero-order valence-electron chi connectivity index (χ0n) is 17.0. The first-order chi connectivity index (χ1) is 15.3. The molecule has 166 valence electrons. The number of ether oxygens (including phenoxy) is 1. The highest BCUT2D eigenvalue weighted by molar-refractivity contribution is 6.30. The highest BCUT2D eigenvalue weighted by Crippen LogP contribution is 2.33. The van der Waals surface area contributed by atoms with E-state index in [1.807, 2.05) is 0 Å². The lowest BCUT2D eigenvalue weighted by Crippen LogP contribution is -2.19. The number of likely N-dealkylation sites (tertiary alicyclic amines) is 1. The third-order valence-electron chi connectivity index (χ3n) is 5.16. The summed E-state index contributed by atoms with van der Waals surface area (Å²) in [5.41, 5.74) is -0.0763. The van der Waals surface area contributed by atoms with Crippen LogP contribution < -0.4 is 10.2 Å². The molecule has 4 nitrogen and oxygen atoms in total. The fourth-order valence-electron chi connectivity index (χ4n) is 3.50. The van der Waals surface area contributed by atoms with E-state index in [0.29, 0.717) is 17.6 Å². The maximum Gasteiger partial charge on any atom is 0.449 e. The van der Waals surface area contributed by atoms with Crippen LogP contribution in [0.5, 0.6) is 5.75 Å². The average Bonchev–Trinajstić information content (AvgIpc) is 3.27. The fraction of sp³-hybridized carbons (Fsp3) is 0.292. The molecule has 4 rings (SSSR count). The van der Waals surface area contributed by atoms with Crippen LogP contribution in [0.1, 0.15) is 29.7 Å². The van der Waals surface area contributed by atoms with Gasteiger partial charge in [0.15, 0.2) is 11.0 Å². The van der Waals surface area contributed by atoms with Gasteiger partial charge in [-0.1, -0.05) is 35.6 Å². The predicted octanol–water partition coefficient (Wildman–Crippen LogP) is 5.49. The molecule has 1 fully saturated rings. The number of hydrogen-bond donors (Lipinski definition) is 0. The molecule has 0 aliphatic carbocycles. The summed E-state index contributed by atoms with van der Waals surface area (Å²) in [7, 11) is 0. The molecule has 32 heavy (non-hydrogen) atoms. The molecule has 8 heteroatoms. The van der Waals surface area contributed by atoms with E-state index in [-0.39, 0.29) is 28.9 Å². The lowest BCUT2D eigenvalue weighted by molar-refractivity contribution is -0.152. The number of hydrogen-bond acceptors (Lipinski definition) is 4. The molecule has 3 aromatic rings. The van der Waals surface area contributed by atoms with Gasteiger partial charge in [0.25, 0.3) is 0 Å². The molecule has 1 aliphatic rings. The normalized spacial score (nSPS) is 14.4. The number of rotatable bonds is 4. The first kappa shape index (κ1) is 22.3. The average molecular weight is 462 g/mol. The molecule has 0 bridgehead atoms. The van der Waals surface area contributed by atoms with Crippen LogP contribution in [-0.2, 0) is 12.8 Å². The molecule has 0 N–H and O–H groups in total. The van der Waals surface area contributed by atoms with E-state index in [1.54, 1.807) is 24.3 Å². The summed E-state index contributed by atoms with van der Waals surface area (Å²) in [4.78, 5) is 14.5. The van der Waals surface area contributed by atoms with Crippen molar-refractivity contribution in [2.24, 2.45) is 0 Å². The van der Waals surface area contributed by atoms with E-state index >= 15 is 0 Å². The molecule has 2 heterocycles. The third-order valence-corrected chi connectivity index (χ3v) is 5.41. The number of benzene rings is 2. The first-order valence-electron chi connectivity index (χ1n) is 10.1. The highest BCUT2D eigenvalue weighted by atomic mass is 35.5. The van der Waals surface area contributed by atoms with Crippen molar-refractivity contribution in [3.8, 4) is 17.6 Å². The lowest BCUT2D eigenvalue weighted by Gasteiger charge is -2.12. The van der Waals surface area contributed by atoms with Gasteiger partial charge in [0, 0.05) is 11.1 Å². The molecule has 1 aliphatic heterocycles. The van der Waals surface area contributed by atoms with Crippen LogP contribution in [-0.4, -0.2) is 24.5 Å². The molecular formula is C24H19ClF3NO3. The molecule has 0 atom stereocenters. The lowest BCUT2D eigenvalue weighted by atomic mass is 10.1. The van der Waals surface area contributed by atoms with E-state index in [0.717, 1.165) is 31.5 Å². The fourth-order valence-corrected chi connectivity index (χ4v) is 3.63. The van der Waals surface area contributed by atoms with Crippen LogP contribution in [0.2, 0.25) is 5.02 Å². The second-order valence-corrected chi connectivity index (χ2v) is 7.92. The second-order valence-electron chi connectivity index (χ2n) is 7.49. The zero-order chi connectivity index (χ0) is 22.7. The Bertz CT molecular complexity index is 1230. The van der Waals surface area contributed by atoms with Gasteiger partial charge in [-0.25, -0.2) is 0 Å².